The number of hydrogen-bond acceptors (Lipinski definition) is 5. The molecule has 0 radical (unpaired) electrons. The molecular weight excluding hydrogens is 342 g/mol. The van der Waals surface area contributed by atoms with Gasteiger partial charge in [-0.15, -0.1) is 11.3 Å². The fourth-order valence-corrected chi connectivity index (χ4v) is 5.69. The first-order valence-electron chi connectivity index (χ1n) is 5.47. The van der Waals surface area contributed by atoms with Crippen molar-refractivity contribution in [2.75, 3.05) is 6.61 Å². The van der Waals surface area contributed by atoms with Crippen molar-refractivity contribution in [1.82, 2.24) is 4.72 Å². The molecule has 1 saturated heterocycles. The molecule has 2 heterocycles. The maximum absolute atomic E-state index is 12.2. The number of nitrogens with one attached hydrogen (secondary N) is 1. The Bertz CT molecular complexity index is 528. The lowest BCUT2D eigenvalue weighted by Crippen LogP contribution is -2.39. The van der Waals surface area contributed by atoms with Crippen LogP contribution in [0.5, 0.6) is 0 Å². The summed E-state index contributed by atoms with van der Waals surface area (Å²) < 4.78 is 32.9. The summed E-state index contributed by atoms with van der Waals surface area (Å²) >= 11 is 4.43. The van der Waals surface area contributed by atoms with E-state index in [1.54, 1.807) is 0 Å². The summed E-state index contributed by atoms with van der Waals surface area (Å²) in [6.45, 7) is 2.25. The minimum Gasteiger partial charge on any atom is -0.391 e. The van der Waals surface area contributed by atoms with Crippen molar-refractivity contribution in [3.8, 4) is 0 Å². The quantitative estimate of drug-likeness (QED) is 0.857. The van der Waals surface area contributed by atoms with Gasteiger partial charge in [-0.05, 0) is 35.3 Å². The molecule has 0 saturated carbocycles. The van der Waals surface area contributed by atoms with Crippen LogP contribution in [0, 0.1) is 0 Å². The van der Waals surface area contributed by atoms with E-state index in [-0.39, 0.29) is 23.6 Å². The molecule has 102 valence electrons. The van der Waals surface area contributed by atoms with Crippen LogP contribution in [0.1, 0.15) is 18.2 Å². The highest BCUT2D eigenvalue weighted by Gasteiger charge is 2.30. The number of sulfonamides is 1. The smallest absolute Gasteiger partial charge is 0.242 e. The molecule has 2 atom stereocenters. The predicted molar refractivity (Wildman–Crippen MR) is 72.1 cm³/mol. The zero-order valence-corrected chi connectivity index (χ0v) is 12.9. The zero-order valence-electron chi connectivity index (χ0n) is 9.72. The average Bonchev–Trinajstić information content (AvgIpc) is 2.86. The van der Waals surface area contributed by atoms with Gasteiger partial charge in [0.15, 0.2) is 0 Å². The Morgan fingerprint density at radius 1 is 1.67 bits per heavy atom. The van der Waals surface area contributed by atoms with Gasteiger partial charge in [-0.1, -0.05) is 0 Å². The first-order valence-corrected chi connectivity index (χ1v) is 8.56. The molecular formula is C10H14BrNO4S2. The molecule has 2 N–H and O–H groups in total. The molecule has 8 heteroatoms. The van der Waals surface area contributed by atoms with Gasteiger partial charge < -0.3 is 9.84 Å². The first-order chi connectivity index (χ1) is 8.44. The Morgan fingerprint density at radius 3 is 2.89 bits per heavy atom. The molecule has 1 aliphatic heterocycles. The van der Waals surface area contributed by atoms with Crippen molar-refractivity contribution in [2.45, 2.75) is 37.0 Å². The van der Waals surface area contributed by atoms with E-state index in [0.29, 0.717) is 21.7 Å². The molecule has 2 rings (SSSR count). The monoisotopic (exact) mass is 355 g/mol. The molecule has 1 aromatic rings. The van der Waals surface area contributed by atoms with Crippen molar-refractivity contribution in [2.24, 2.45) is 0 Å². The highest BCUT2D eigenvalue weighted by atomic mass is 79.9. The standard InChI is InChI=1S/C10H14BrNO4S2/c1-6-8(2-3-16-6)12-18(14,15)9-4-7(5-13)17-10(9)11/h4,6,8,12-13H,2-3,5H2,1H3. The molecule has 5 nitrogen and oxygen atoms in total. The van der Waals surface area contributed by atoms with E-state index in [4.69, 9.17) is 9.84 Å². The van der Waals surface area contributed by atoms with Crippen molar-refractivity contribution in [3.63, 3.8) is 0 Å². The van der Waals surface area contributed by atoms with Crippen molar-refractivity contribution < 1.29 is 18.3 Å². The van der Waals surface area contributed by atoms with Crippen LogP contribution in [0.4, 0.5) is 0 Å². The van der Waals surface area contributed by atoms with Crippen LogP contribution in [0.2, 0.25) is 0 Å². The summed E-state index contributed by atoms with van der Waals surface area (Å²) in [7, 11) is -3.57. The van der Waals surface area contributed by atoms with Crippen LogP contribution in [0.15, 0.2) is 14.7 Å². The minimum atomic E-state index is -3.57. The summed E-state index contributed by atoms with van der Waals surface area (Å²) in [5, 5.41) is 9.02. The van der Waals surface area contributed by atoms with Gasteiger partial charge in [0.1, 0.15) is 4.90 Å². The van der Waals surface area contributed by atoms with Gasteiger partial charge in [0.25, 0.3) is 0 Å². The third-order valence-electron chi connectivity index (χ3n) is 2.83. The van der Waals surface area contributed by atoms with E-state index in [0.717, 1.165) is 0 Å². The van der Waals surface area contributed by atoms with Gasteiger partial charge in [-0.25, -0.2) is 13.1 Å². The molecule has 18 heavy (non-hydrogen) atoms. The largest absolute Gasteiger partial charge is 0.391 e. The third kappa shape index (κ3) is 2.94. The van der Waals surface area contributed by atoms with E-state index in [9.17, 15) is 8.42 Å². The maximum atomic E-state index is 12.2. The molecule has 0 bridgehead atoms. The van der Waals surface area contributed by atoms with Crippen molar-refractivity contribution in [1.29, 1.82) is 0 Å². The van der Waals surface area contributed by atoms with Gasteiger partial charge in [0.05, 0.1) is 22.5 Å². The Labute approximate surface area is 118 Å². The molecule has 1 fully saturated rings. The topological polar surface area (TPSA) is 75.6 Å². The summed E-state index contributed by atoms with van der Waals surface area (Å²) in [6.07, 6.45) is 0.559. The fourth-order valence-electron chi connectivity index (χ4n) is 1.81. The number of thiophene rings is 1. The molecule has 0 aromatic carbocycles. The number of rotatable bonds is 4. The van der Waals surface area contributed by atoms with Gasteiger partial charge in [-0.2, -0.15) is 0 Å². The highest BCUT2D eigenvalue weighted by molar-refractivity contribution is 9.11. The predicted octanol–water partition coefficient (Wildman–Crippen LogP) is 1.46. The fraction of sp³-hybridized carbons (Fsp3) is 0.600. The summed E-state index contributed by atoms with van der Waals surface area (Å²) in [6, 6.07) is 1.29. The van der Waals surface area contributed by atoms with Crippen LogP contribution in [0.3, 0.4) is 0 Å². The minimum absolute atomic E-state index is 0.116. The van der Waals surface area contributed by atoms with E-state index in [1.165, 1.54) is 17.4 Å². The normalized spacial score (nSPS) is 24.6. The second kappa shape index (κ2) is 5.56. The van der Waals surface area contributed by atoms with Gasteiger partial charge in [-0.3, -0.25) is 0 Å². The third-order valence-corrected chi connectivity index (χ3v) is 6.56. The molecule has 0 amide bonds. The van der Waals surface area contributed by atoms with Crippen LogP contribution in [-0.2, 0) is 21.4 Å². The zero-order chi connectivity index (χ0) is 13.3. The highest BCUT2D eigenvalue weighted by Crippen LogP contribution is 2.32. The van der Waals surface area contributed by atoms with Crippen molar-refractivity contribution in [3.05, 3.63) is 14.7 Å². The summed E-state index contributed by atoms with van der Waals surface area (Å²) in [4.78, 5) is 0.786. The molecule has 1 aliphatic rings. The number of aliphatic hydroxyl groups excluding tert-OH is 1. The lowest BCUT2D eigenvalue weighted by atomic mass is 10.2. The van der Waals surface area contributed by atoms with Crippen LogP contribution < -0.4 is 4.72 Å². The Kier molecular flexibility index (Phi) is 4.45. The average molecular weight is 356 g/mol. The summed E-state index contributed by atoms with van der Waals surface area (Å²) in [5.41, 5.74) is 0. The second-order valence-corrected chi connectivity index (χ2v) is 8.24. The van der Waals surface area contributed by atoms with Crippen LogP contribution >= 0.6 is 27.3 Å². The lowest BCUT2D eigenvalue weighted by molar-refractivity contribution is 0.117. The Hall–Kier alpha value is 0.01000. The van der Waals surface area contributed by atoms with E-state index in [2.05, 4.69) is 20.7 Å². The van der Waals surface area contributed by atoms with Crippen LogP contribution in [0.25, 0.3) is 0 Å². The van der Waals surface area contributed by atoms with Gasteiger partial charge in [0, 0.05) is 11.5 Å². The second-order valence-electron chi connectivity index (χ2n) is 4.10. The van der Waals surface area contributed by atoms with E-state index < -0.39 is 10.0 Å². The summed E-state index contributed by atoms with van der Waals surface area (Å²) in [5.74, 6) is 0. The number of halogens is 1. The molecule has 1 aromatic heterocycles. The van der Waals surface area contributed by atoms with Crippen LogP contribution in [-0.4, -0.2) is 32.3 Å². The number of ether oxygens (including phenoxy) is 1. The van der Waals surface area contributed by atoms with Gasteiger partial charge >= 0.3 is 0 Å². The number of hydrogen-bond donors (Lipinski definition) is 2. The molecule has 0 aliphatic carbocycles. The molecule has 2 unspecified atom stereocenters. The number of aliphatic hydroxyl groups is 1. The van der Waals surface area contributed by atoms with Gasteiger partial charge in [0.2, 0.25) is 10.0 Å². The van der Waals surface area contributed by atoms with E-state index in [1.807, 2.05) is 6.92 Å². The Balaban J connectivity index is 2.22. The van der Waals surface area contributed by atoms with E-state index >= 15 is 0 Å². The maximum Gasteiger partial charge on any atom is 0.242 e. The molecule has 0 spiro atoms. The van der Waals surface area contributed by atoms with Crippen molar-refractivity contribution >= 4 is 37.3 Å². The Morgan fingerprint density at radius 2 is 2.39 bits per heavy atom. The lowest BCUT2D eigenvalue weighted by Gasteiger charge is -2.15. The first kappa shape index (κ1) is 14.4. The SMILES string of the molecule is CC1OCCC1NS(=O)(=O)c1cc(CO)sc1Br.